The molecule has 1 aliphatic heterocycles. The summed E-state index contributed by atoms with van der Waals surface area (Å²) in [6.07, 6.45) is -3.13. The molecule has 0 bridgehead atoms. The van der Waals surface area contributed by atoms with Crippen LogP contribution in [0.15, 0.2) is 0 Å². The number of rotatable bonds is 1. The molecular weight excluding hydrogens is 179 g/mol. The van der Waals surface area contributed by atoms with Crippen molar-refractivity contribution in [2.45, 2.75) is 38.9 Å². The maximum atomic E-state index is 12.5. The molecule has 0 radical (unpaired) electrons. The molecule has 4 heteroatoms. The molecule has 0 amide bonds. The van der Waals surface area contributed by atoms with Gasteiger partial charge in [0, 0.05) is 6.04 Å². The van der Waals surface area contributed by atoms with Crippen molar-refractivity contribution >= 4 is 0 Å². The van der Waals surface area contributed by atoms with Crippen LogP contribution < -0.4 is 5.32 Å². The predicted molar refractivity (Wildman–Crippen MR) is 45.4 cm³/mol. The van der Waals surface area contributed by atoms with Crippen LogP contribution in [0.25, 0.3) is 0 Å². The van der Waals surface area contributed by atoms with Gasteiger partial charge in [0.05, 0.1) is 5.92 Å². The summed E-state index contributed by atoms with van der Waals surface area (Å²) in [4.78, 5) is 0. The zero-order valence-electron chi connectivity index (χ0n) is 7.99. The van der Waals surface area contributed by atoms with E-state index in [4.69, 9.17) is 0 Å². The summed E-state index contributed by atoms with van der Waals surface area (Å²) in [5.41, 5.74) is 0. The lowest BCUT2D eigenvalue weighted by atomic mass is 9.84. The summed E-state index contributed by atoms with van der Waals surface area (Å²) in [5, 5.41) is 2.96. The number of alkyl halides is 3. The molecule has 1 heterocycles. The zero-order valence-corrected chi connectivity index (χ0v) is 7.99. The fraction of sp³-hybridized carbons (Fsp3) is 1.00. The monoisotopic (exact) mass is 195 g/mol. The third-order valence-corrected chi connectivity index (χ3v) is 2.64. The lowest BCUT2D eigenvalue weighted by Gasteiger charge is -2.36. The van der Waals surface area contributed by atoms with E-state index in [1.165, 1.54) is 0 Å². The van der Waals surface area contributed by atoms with Gasteiger partial charge in [-0.2, -0.15) is 13.2 Å². The van der Waals surface area contributed by atoms with Crippen molar-refractivity contribution in [3.63, 3.8) is 0 Å². The van der Waals surface area contributed by atoms with Gasteiger partial charge in [0.1, 0.15) is 0 Å². The first-order valence-corrected chi connectivity index (χ1v) is 4.73. The first-order chi connectivity index (χ1) is 5.93. The van der Waals surface area contributed by atoms with Gasteiger partial charge in [-0.1, -0.05) is 13.8 Å². The second-order valence-electron chi connectivity index (χ2n) is 4.01. The van der Waals surface area contributed by atoms with Crippen LogP contribution in [-0.4, -0.2) is 18.8 Å². The van der Waals surface area contributed by atoms with Crippen molar-refractivity contribution in [1.82, 2.24) is 5.32 Å². The number of hydrogen-bond acceptors (Lipinski definition) is 1. The van der Waals surface area contributed by atoms with Gasteiger partial charge >= 0.3 is 6.18 Å². The summed E-state index contributed by atoms with van der Waals surface area (Å²) in [6.45, 7) is 4.39. The van der Waals surface area contributed by atoms with Crippen molar-refractivity contribution in [3.8, 4) is 0 Å². The molecule has 78 valence electrons. The van der Waals surface area contributed by atoms with E-state index in [1.54, 1.807) is 0 Å². The van der Waals surface area contributed by atoms with Crippen LogP contribution in [-0.2, 0) is 0 Å². The molecule has 0 aromatic rings. The van der Waals surface area contributed by atoms with Gasteiger partial charge in [-0.25, -0.2) is 0 Å². The number of halogens is 3. The molecule has 2 unspecified atom stereocenters. The van der Waals surface area contributed by atoms with E-state index in [0.29, 0.717) is 6.42 Å². The van der Waals surface area contributed by atoms with Crippen LogP contribution in [0.4, 0.5) is 13.2 Å². The maximum absolute atomic E-state index is 12.5. The molecule has 13 heavy (non-hydrogen) atoms. The number of piperidine rings is 1. The largest absolute Gasteiger partial charge is 0.393 e. The average molecular weight is 195 g/mol. The molecule has 0 aromatic heterocycles. The van der Waals surface area contributed by atoms with Gasteiger partial charge in [-0.05, 0) is 25.3 Å². The summed E-state index contributed by atoms with van der Waals surface area (Å²) in [6, 6.07) is -0.395. The fourth-order valence-electron chi connectivity index (χ4n) is 1.98. The van der Waals surface area contributed by atoms with Crippen molar-refractivity contribution in [2.75, 3.05) is 6.54 Å². The predicted octanol–water partition coefficient (Wildman–Crippen LogP) is 2.57. The zero-order chi connectivity index (χ0) is 10.1. The molecule has 0 spiro atoms. The standard InChI is InChI=1S/C9H16F3N/c1-6(2)8-7(9(10,11)12)4-3-5-13-8/h6-8,13H,3-5H2,1-2H3. The van der Waals surface area contributed by atoms with E-state index >= 15 is 0 Å². The highest BCUT2D eigenvalue weighted by atomic mass is 19.4. The first-order valence-electron chi connectivity index (χ1n) is 4.73. The third-order valence-electron chi connectivity index (χ3n) is 2.64. The molecule has 1 aliphatic rings. The Hall–Kier alpha value is -0.250. The molecule has 0 saturated carbocycles. The van der Waals surface area contributed by atoms with E-state index in [0.717, 1.165) is 6.54 Å². The van der Waals surface area contributed by atoms with Gasteiger partial charge in [-0.3, -0.25) is 0 Å². The van der Waals surface area contributed by atoms with Gasteiger partial charge in [0.25, 0.3) is 0 Å². The molecule has 0 aromatic carbocycles. The molecule has 1 saturated heterocycles. The van der Waals surface area contributed by atoms with Crippen LogP contribution >= 0.6 is 0 Å². The van der Waals surface area contributed by atoms with Gasteiger partial charge in [-0.15, -0.1) is 0 Å². The van der Waals surface area contributed by atoms with E-state index in [1.807, 2.05) is 13.8 Å². The fourth-order valence-corrected chi connectivity index (χ4v) is 1.98. The van der Waals surface area contributed by atoms with E-state index < -0.39 is 18.1 Å². The lowest BCUT2D eigenvalue weighted by molar-refractivity contribution is -0.191. The van der Waals surface area contributed by atoms with Crippen LogP contribution in [0, 0.1) is 11.8 Å². The van der Waals surface area contributed by atoms with Gasteiger partial charge in [0.2, 0.25) is 0 Å². The van der Waals surface area contributed by atoms with Crippen molar-refractivity contribution < 1.29 is 13.2 Å². The normalized spacial score (nSPS) is 30.9. The molecule has 2 atom stereocenters. The molecule has 1 nitrogen and oxygen atoms in total. The second kappa shape index (κ2) is 3.86. The lowest BCUT2D eigenvalue weighted by Crippen LogP contribution is -2.50. The minimum absolute atomic E-state index is 0.0481. The third kappa shape index (κ3) is 2.59. The Bertz CT molecular complexity index is 165. The van der Waals surface area contributed by atoms with Crippen molar-refractivity contribution in [2.24, 2.45) is 11.8 Å². The van der Waals surface area contributed by atoms with Gasteiger partial charge < -0.3 is 5.32 Å². The number of nitrogens with one attached hydrogen (secondary N) is 1. The second-order valence-corrected chi connectivity index (χ2v) is 4.01. The summed E-state index contributed by atoms with van der Waals surface area (Å²) >= 11 is 0. The Morgan fingerprint density at radius 3 is 2.31 bits per heavy atom. The smallest absolute Gasteiger partial charge is 0.313 e. The van der Waals surface area contributed by atoms with Crippen molar-refractivity contribution in [3.05, 3.63) is 0 Å². The summed E-state index contributed by atoms with van der Waals surface area (Å²) in [7, 11) is 0. The van der Waals surface area contributed by atoms with Gasteiger partial charge in [0.15, 0.2) is 0 Å². The van der Waals surface area contributed by atoms with Crippen molar-refractivity contribution in [1.29, 1.82) is 0 Å². The van der Waals surface area contributed by atoms with Crippen LogP contribution in [0.2, 0.25) is 0 Å². The molecule has 1 fully saturated rings. The minimum Gasteiger partial charge on any atom is -0.313 e. The molecule has 1 N–H and O–H groups in total. The molecular formula is C9H16F3N. The molecule has 0 aliphatic carbocycles. The van der Waals surface area contributed by atoms with Crippen LogP contribution in [0.1, 0.15) is 26.7 Å². The Labute approximate surface area is 76.7 Å². The van der Waals surface area contributed by atoms with E-state index in [9.17, 15) is 13.2 Å². The highest BCUT2D eigenvalue weighted by Gasteiger charge is 2.46. The summed E-state index contributed by atoms with van der Waals surface area (Å²) < 4.78 is 37.5. The maximum Gasteiger partial charge on any atom is 0.393 e. The van der Waals surface area contributed by atoms with E-state index in [-0.39, 0.29) is 12.3 Å². The Morgan fingerprint density at radius 2 is 1.92 bits per heavy atom. The minimum atomic E-state index is -4.04. The first kappa shape index (κ1) is 10.8. The Kier molecular flexibility index (Phi) is 3.22. The summed E-state index contributed by atoms with van der Waals surface area (Å²) in [5.74, 6) is -1.10. The number of hydrogen-bond donors (Lipinski definition) is 1. The quantitative estimate of drug-likeness (QED) is 0.678. The topological polar surface area (TPSA) is 12.0 Å². The SMILES string of the molecule is CC(C)C1NCCCC1C(F)(F)F. The highest BCUT2D eigenvalue weighted by molar-refractivity contribution is 4.87. The Morgan fingerprint density at radius 1 is 1.31 bits per heavy atom. The Balaban J connectivity index is 2.67. The van der Waals surface area contributed by atoms with Crippen LogP contribution in [0.3, 0.4) is 0 Å². The highest BCUT2D eigenvalue weighted by Crippen LogP contribution is 2.36. The average Bonchev–Trinajstić information content (AvgIpc) is 2.03. The van der Waals surface area contributed by atoms with E-state index in [2.05, 4.69) is 5.32 Å². The van der Waals surface area contributed by atoms with Crippen LogP contribution in [0.5, 0.6) is 0 Å². The molecule has 1 rings (SSSR count).